The molecule has 47 heavy (non-hydrogen) atoms. The van der Waals surface area contributed by atoms with Gasteiger partial charge in [-0.2, -0.15) is 0 Å². The molecule has 0 bridgehead atoms. The maximum absolute atomic E-state index is 11.2. The summed E-state index contributed by atoms with van der Waals surface area (Å²) in [6.45, 7) is 17.0. The number of rotatable bonds is 42. The molecule has 0 saturated carbocycles. The SMILES string of the molecule is CCCCCOCCOCCOCCOCCOCCOCCOCCOCCOCCOCCOCCOCCOC(=O)CCC. The highest BCUT2D eigenvalue weighted by Crippen LogP contribution is 1.94. The summed E-state index contributed by atoms with van der Waals surface area (Å²) in [5.74, 6) is -0.188. The first-order chi connectivity index (χ1) is 23.3. The molecule has 0 unspecified atom stereocenters. The molecule has 0 heterocycles. The van der Waals surface area contributed by atoms with Crippen LogP contribution in [0.1, 0.15) is 46.0 Å². The van der Waals surface area contributed by atoms with Gasteiger partial charge in [-0.05, 0) is 12.8 Å². The third-order valence-corrected chi connectivity index (χ3v) is 5.93. The van der Waals surface area contributed by atoms with Gasteiger partial charge in [-0.3, -0.25) is 4.79 Å². The monoisotopic (exact) mass is 686 g/mol. The first-order valence-corrected chi connectivity index (χ1v) is 17.4. The lowest BCUT2D eigenvalue weighted by atomic mass is 10.3. The molecule has 0 amide bonds. The molecule has 0 saturated heterocycles. The quantitative estimate of drug-likeness (QED) is 0.0687. The Balaban J connectivity index is 3.05. The van der Waals surface area contributed by atoms with Crippen LogP contribution < -0.4 is 0 Å². The molecule has 0 spiro atoms. The van der Waals surface area contributed by atoms with Crippen molar-refractivity contribution < 1.29 is 66.4 Å². The van der Waals surface area contributed by atoms with Crippen molar-refractivity contribution in [2.75, 3.05) is 165 Å². The van der Waals surface area contributed by atoms with Crippen molar-refractivity contribution in [1.82, 2.24) is 0 Å². The van der Waals surface area contributed by atoms with Gasteiger partial charge in [0.2, 0.25) is 0 Å². The fraction of sp³-hybridized carbons (Fsp3) is 0.970. The first-order valence-electron chi connectivity index (χ1n) is 17.4. The molecule has 282 valence electrons. The van der Waals surface area contributed by atoms with E-state index in [2.05, 4.69) is 6.92 Å². The predicted molar refractivity (Wildman–Crippen MR) is 175 cm³/mol. The summed E-state index contributed by atoms with van der Waals surface area (Å²) < 4.78 is 70.5. The van der Waals surface area contributed by atoms with Crippen LogP contribution in [0.25, 0.3) is 0 Å². The van der Waals surface area contributed by atoms with E-state index in [-0.39, 0.29) is 12.6 Å². The zero-order valence-electron chi connectivity index (χ0n) is 29.4. The van der Waals surface area contributed by atoms with Crippen LogP contribution in [-0.2, 0) is 66.4 Å². The maximum Gasteiger partial charge on any atom is 0.305 e. The number of esters is 1. The minimum atomic E-state index is -0.188. The molecular formula is C33H66O14. The predicted octanol–water partition coefficient (Wildman–Crippen LogP) is 2.72. The minimum Gasteiger partial charge on any atom is -0.463 e. The van der Waals surface area contributed by atoms with Crippen LogP contribution in [0.3, 0.4) is 0 Å². The summed E-state index contributed by atoms with van der Waals surface area (Å²) in [4.78, 5) is 11.2. The van der Waals surface area contributed by atoms with Crippen molar-refractivity contribution in [2.45, 2.75) is 46.0 Å². The van der Waals surface area contributed by atoms with Crippen molar-refractivity contribution in [3.63, 3.8) is 0 Å². The van der Waals surface area contributed by atoms with Gasteiger partial charge in [0.05, 0.1) is 152 Å². The fourth-order valence-electron chi connectivity index (χ4n) is 3.47. The molecule has 0 aromatic carbocycles. The number of hydrogen-bond acceptors (Lipinski definition) is 14. The van der Waals surface area contributed by atoms with E-state index in [4.69, 9.17) is 61.6 Å². The number of carbonyl (C=O) groups is 1. The van der Waals surface area contributed by atoms with Crippen LogP contribution in [-0.4, -0.2) is 171 Å². The van der Waals surface area contributed by atoms with Gasteiger partial charge in [0.1, 0.15) is 6.61 Å². The van der Waals surface area contributed by atoms with Crippen LogP contribution in [0.4, 0.5) is 0 Å². The van der Waals surface area contributed by atoms with E-state index in [1.54, 1.807) is 0 Å². The highest BCUT2D eigenvalue weighted by molar-refractivity contribution is 5.69. The van der Waals surface area contributed by atoms with E-state index in [0.717, 1.165) is 19.4 Å². The zero-order valence-corrected chi connectivity index (χ0v) is 29.4. The van der Waals surface area contributed by atoms with Gasteiger partial charge < -0.3 is 61.6 Å². The summed E-state index contributed by atoms with van der Waals surface area (Å²) >= 11 is 0. The van der Waals surface area contributed by atoms with Crippen LogP contribution in [0.2, 0.25) is 0 Å². The molecule has 0 aliphatic rings. The number of carbonyl (C=O) groups excluding carboxylic acids is 1. The van der Waals surface area contributed by atoms with Gasteiger partial charge in [0, 0.05) is 13.0 Å². The summed E-state index contributed by atoms with van der Waals surface area (Å²) in [7, 11) is 0. The van der Waals surface area contributed by atoms with E-state index in [1.807, 2.05) is 6.92 Å². The van der Waals surface area contributed by atoms with E-state index < -0.39 is 0 Å². The molecule has 0 atom stereocenters. The van der Waals surface area contributed by atoms with Crippen LogP contribution in [0.15, 0.2) is 0 Å². The second-order valence-electron chi connectivity index (χ2n) is 10.0. The van der Waals surface area contributed by atoms with Gasteiger partial charge >= 0.3 is 5.97 Å². The van der Waals surface area contributed by atoms with Gasteiger partial charge in [-0.25, -0.2) is 0 Å². The van der Waals surface area contributed by atoms with Crippen molar-refractivity contribution >= 4 is 5.97 Å². The lowest BCUT2D eigenvalue weighted by Crippen LogP contribution is -2.15. The summed E-state index contributed by atoms with van der Waals surface area (Å²) in [5, 5.41) is 0. The van der Waals surface area contributed by atoms with Gasteiger partial charge in [0.15, 0.2) is 0 Å². The maximum atomic E-state index is 11.2. The molecule has 0 radical (unpaired) electrons. The number of unbranched alkanes of at least 4 members (excludes halogenated alkanes) is 2. The first kappa shape index (κ1) is 46.0. The Morgan fingerprint density at radius 1 is 0.298 bits per heavy atom. The number of hydrogen-bond donors (Lipinski definition) is 0. The Morgan fingerprint density at radius 2 is 0.532 bits per heavy atom. The van der Waals surface area contributed by atoms with Crippen molar-refractivity contribution in [3.05, 3.63) is 0 Å². The summed E-state index contributed by atoms with van der Waals surface area (Å²) in [6, 6.07) is 0. The zero-order chi connectivity index (χ0) is 34.0. The van der Waals surface area contributed by atoms with E-state index in [0.29, 0.717) is 158 Å². The molecule has 14 heteroatoms. The molecule has 14 nitrogen and oxygen atoms in total. The fourth-order valence-corrected chi connectivity index (χ4v) is 3.47. The van der Waals surface area contributed by atoms with E-state index >= 15 is 0 Å². The van der Waals surface area contributed by atoms with Gasteiger partial charge in [-0.1, -0.05) is 26.7 Å². The van der Waals surface area contributed by atoms with Gasteiger partial charge in [0.25, 0.3) is 0 Å². The Bertz CT molecular complexity index is 588. The summed E-state index contributed by atoms with van der Waals surface area (Å²) in [5.41, 5.74) is 0. The van der Waals surface area contributed by atoms with Crippen LogP contribution in [0, 0.1) is 0 Å². The normalized spacial score (nSPS) is 11.4. The standard InChI is InChI=1S/C33H66O14/c1-3-5-6-8-35-9-10-36-11-12-37-13-14-38-15-16-39-17-18-40-19-20-41-21-22-42-23-24-43-25-26-44-27-28-45-29-30-46-31-32-47-33(34)7-4-2/h3-32H2,1-2H3. The highest BCUT2D eigenvalue weighted by atomic mass is 16.6. The van der Waals surface area contributed by atoms with E-state index in [1.165, 1.54) is 12.8 Å². The Morgan fingerprint density at radius 3 is 0.766 bits per heavy atom. The average molecular weight is 687 g/mol. The second kappa shape index (κ2) is 43.0. The topological polar surface area (TPSA) is 137 Å². The third-order valence-electron chi connectivity index (χ3n) is 5.93. The molecule has 0 N–H and O–H groups in total. The highest BCUT2D eigenvalue weighted by Gasteiger charge is 2.00. The Kier molecular flexibility index (Phi) is 42.1. The molecule has 0 rings (SSSR count). The van der Waals surface area contributed by atoms with Crippen molar-refractivity contribution in [3.8, 4) is 0 Å². The smallest absolute Gasteiger partial charge is 0.305 e. The number of ether oxygens (including phenoxy) is 13. The minimum absolute atomic E-state index is 0.188. The third kappa shape index (κ3) is 43.0. The molecular weight excluding hydrogens is 620 g/mol. The lowest BCUT2D eigenvalue weighted by molar-refractivity contribution is -0.145. The van der Waals surface area contributed by atoms with E-state index in [9.17, 15) is 4.79 Å². The Labute approximate surface area is 283 Å². The molecule has 0 aromatic heterocycles. The second-order valence-corrected chi connectivity index (χ2v) is 10.0. The molecule has 0 aliphatic heterocycles. The summed E-state index contributed by atoms with van der Waals surface area (Å²) in [6.07, 6.45) is 4.76. The van der Waals surface area contributed by atoms with Crippen LogP contribution >= 0.6 is 0 Å². The van der Waals surface area contributed by atoms with Crippen LogP contribution in [0.5, 0.6) is 0 Å². The molecule has 0 aliphatic carbocycles. The molecule has 0 aromatic rings. The van der Waals surface area contributed by atoms with Gasteiger partial charge in [-0.15, -0.1) is 0 Å². The van der Waals surface area contributed by atoms with Crippen molar-refractivity contribution in [1.29, 1.82) is 0 Å². The lowest BCUT2D eigenvalue weighted by Gasteiger charge is -2.09. The largest absolute Gasteiger partial charge is 0.463 e. The van der Waals surface area contributed by atoms with Crippen molar-refractivity contribution in [2.24, 2.45) is 0 Å². The Hall–Kier alpha value is -1.01. The average Bonchev–Trinajstić information content (AvgIpc) is 3.07. The molecule has 0 fully saturated rings.